The van der Waals surface area contributed by atoms with Crippen molar-refractivity contribution in [3.05, 3.63) is 46.5 Å². The van der Waals surface area contributed by atoms with Gasteiger partial charge in [0.2, 0.25) is 0 Å². The summed E-state index contributed by atoms with van der Waals surface area (Å²) >= 11 is 6.25. The number of halogens is 3. The first kappa shape index (κ1) is 16.2. The molecular formula is C16H18ClF2N3O. The van der Waals surface area contributed by atoms with Crippen LogP contribution < -0.4 is 10.1 Å². The summed E-state index contributed by atoms with van der Waals surface area (Å²) in [5, 5.41) is 4.02. The standard InChI is InChI=1S/C16H18ClF2N3O/c1-10-21-15(17)14-13(20-8-9-22(10)14)7-4-11-2-5-12(6-3-11)23-16(18)19/h2-3,5-6,13,16,20H,4,7-9H2,1H3. The lowest BCUT2D eigenvalue weighted by molar-refractivity contribution is -0.0498. The topological polar surface area (TPSA) is 39.1 Å². The third kappa shape index (κ3) is 3.64. The van der Waals surface area contributed by atoms with Gasteiger partial charge in [-0.25, -0.2) is 4.98 Å². The van der Waals surface area contributed by atoms with Crippen LogP contribution in [0.2, 0.25) is 5.15 Å². The fourth-order valence-electron chi connectivity index (χ4n) is 2.99. The summed E-state index contributed by atoms with van der Waals surface area (Å²) in [4.78, 5) is 4.34. The summed E-state index contributed by atoms with van der Waals surface area (Å²) in [7, 11) is 0. The molecule has 1 atom stereocenters. The highest BCUT2D eigenvalue weighted by Gasteiger charge is 2.25. The molecule has 7 heteroatoms. The van der Waals surface area contributed by atoms with Crippen LogP contribution in [0.25, 0.3) is 0 Å². The Hall–Kier alpha value is -1.66. The zero-order valence-electron chi connectivity index (χ0n) is 12.7. The maximum absolute atomic E-state index is 12.1. The van der Waals surface area contributed by atoms with E-state index in [0.717, 1.165) is 43.0 Å². The van der Waals surface area contributed by atoms with Crippen molar-refractivity contribution in [3.63, 3.8) is 0 Å². The van der Waals surface area contributed by atoms with E-state index in [1.54, 1.807) is 12.1 Å². The number of hydrogen-bond donors (Lipinski definition) is 1. The summed E-state index contributed by atoms with van der Waals surface area (Å²) in [5.41, 5.74) is 2.10. The highest BCUT2D eigenvalue weighted by atomic mass is 35.5. The highest BCUT2D eigenvalue weighted by molar-refractivity contribution is 6.30. The first-order chi connectivity index (χ1) is 11.0. The molecule has 2 aromatic rings. The number of alkyl halides is 2. The molecule has 1 aliphatic rings. The lowest BCUT2D eigenvalue weighted by Crippen LogP contribution is -2.34. The molecule has 0 radical (unpaired) electrons. The van der Waals surface area contributed by atoms with E-state index in [4.69, 9.17) is 11.6 Å². The maximum atomic E-state index is 12.1. The molecule has 2 heterocycles. The Kier molecular flexibility index (Phi) is 4.82. The number of aryl methyl sites for hydroxylation is 2. The van der Waals surface area contributed by atoms with E-state index in [1.807, 2.05) is 19.1 Å². The third-order valence-corrected chi connectivity index (χ3v) is 4.36. The van der Waals surface area contributed by atoms with E-state index in [9.17, 15) is 8.78 Å². The van der Waals surface area contributed by atoms with E-state index in [0.29, 0.717) is 5.15 Å². The maximum Gasteiger partial charge on any atom is 0.387 e. The Labute approximate surface area is 138 Å². The van der Waals surface area contributed by atoms with Crippen LogP contribution in [0.1, 0.15) is 29.5 Å². The van der Waals surface area contributed by atoms with Crippen LogP contribution >= 0.6 is 11.6 Å². The second-order valence-electron chi connectivity index (χ2n) is 5.55. The number of hydrogen-bond acceptors (Lipinski definition) is 3. The van der Waals surface area contributed by atoms with E-state index in [1.165, 1.54) is 0 Å². The van der Waals surface area contributed by atoms with Crippen molar-refractivity contribution in [3.8, 4) is 5.75 Å². The lowest BCUT2D eigenvalue weighted by Gasteiger charge is -2.26. The SMILES string of the molecule is Cc1nc(Cl)c2n1CCNC2CCc1ccc(OC(F)F)cc1. The fourth-order valence-corrected chi connectivity index (χ4v) is 3.35. The van der Waals surface area contributed by atoms with Gasteiger partial charge in [-0.05, 0) is 37.5 Å². The Morgan fingerprint density at radius 2 is 2.13 bits per heavy atom. The predicted octanol–water partition coefficient (Wildman–Crippen LogP) is 3.72. The van der Waals surface area contributed by atoms with E-state index in [2.05, 4.69) is 19.6 Å². The molecule has 0 bridgehead atoms. The molecule has 1 aromatic carbocycles. The van der Waals surface area contributed by atoms with Gasteiger partial charge in [-0.3, -0.25) is 0 Å². The van der Waals surface area contributed by atoms with Crippen LogP contribution in [0, 0.1) is 6.92 Å². The molecule has 1 aromatic heterocycles. The number of nitrogens with one attached hydrogen (secondary N) is 1. The minimum absolute atomic E-state index is 0.148. The summed E-state index contributed by atoms with van der Waals surface area (Å²) in [6.07, 6.45) is 1.67. The van der Waals surface area contributed by atoms with Gasteiger partial charge in [0, 0.05) is 13.1 Å². The van der Waals surface area contributed by atoms with Crippen molar-refractivity contribution in [2.75, 3.05) is 6.54 Å². The largest absolute Gasteiger partial charge is 0.435 e. The van der Waals surface area contributed by atoms with Gasteiger partial charge in [0.15, 0.2) is 5.15 Å². The van der Waals surface area contributed by atoms with Crippen molar-refractivity contribution < 1.29 is 13.5 Å². The van der Waals surface area contributed by atoms with E-state index >= 15 is 0 Å². The van der Waals surface area contributed by atoms with Gasteiger partial charge in [-0.2, -0.15) is 8.78 Å². The van der Waals surface area contributed by atoms with Crippen molar-refractivity contribution in [2.45, 2.75) is 39.0 Å². The molecule has 4 nitrogen and oxygen atoms in total. The fraction of sp³-hybridized carbons (Fsp3) is 0.438. The molecule has 1 unspecified atom stereocenters. The summed E-state index contributed by atoms with van der Waals surface area (Å²) in [6, 6.07) is 6.90. The molecule has 0 saturated heterocycles. The monoisotopic (exact) mass is 341 g/mol. The average Bonchev–Trinajstić information content (AvgIpc) is 2.81. The Bertz CT molecular complexity index is 673. The van der Waals surface area contributed by atoms with Crippen molar-refractivity contribution in [1.82, 2.24) is 14.9 Å². The summed E-state index contributed by atoms with van der Waals surface area (Å²) in [6.45, 7) is 0.918. The van der Waals surface area contributed by atoms with E-state index in [-0.39, 0.29) is 11.8 Å². The number of rotatable bonds is 5. The van der Waals surface area contributed by atoms with Crippen LogP contribution in [-0.4, -0.2) is 22.7 Å². The van der Waals surface area contributed by atoms with Crippen LogP contribution in [0.3, 0.4) is 0 Å². The second kappa shape index (κ2) is 6.84. The Morgan fingerprint density at radius 1 is 1.39 bits per heavy atom. The normalized spacial score (nSPS) is 17.3. The Morgan fingerprint density at radius 3 is 2.83 bits per heavy atom. The smallest absolute Gasteiger partial charge is 0.387 e. The molecule has 0 amide bonds. The minimum Gasteiger partial charge on any atom is -0.435 e. The lowest BCUT2D eigenvalue weighted by atomic mass is 10.0. The third-order valence-electron chi connectivity index (χ3n) is 4.08. The van der Waals surface area contributed by atoms with Crippen LogP contribution in [0.5, 0.6) is 5.75 Å². The molecule has 124 valence electrons. The predicted molar refractivity (Wildman–Crippen MR) is 84.1 cm³/mol. The molecular weight excluding hydrogens is 324 g/mol. The molecule has 23 heavy (non-hydrogen) atoms. The first-order valence-corrected chi connectivity index (χ1v) is 7.92. The van der Waals surface area contributed by atoms with Gasteiger partial charge in [-0.15, -0.1) is 0 Å². The van der Waals surface area contributed by atoms with Gasteiger partial charge in [-0.1, -0.05) is 23.7 Å². The number of ether oxygens (including phenoxy) is 1. The number of benzene rings is 1. The molecule has 0 saturated carbocycles. The molecule has 0 spiro atoms. The number of fused-ring (bicyclic) bond motifs is 1. The number of aromatic nitrogens is 2. The molecule has 3 rings (SSSR count). The number of nitrogens with zero attached hydrogens (tertiary/aromatic N) is 2. The van der Waals surface area contributed by atoms with Crippen molar-refractivity contribution >= 4 is 11.6 Å². The van der Waals surface area contributed by atoms with Gasteiger partial charge < -0.3 is 14.6 Å². The summed E-state index contributed by atoms with van der Waals surface area (Å²) in [5.74, 6) is 1.11. The van der Waals surface area contributed by atoms with Crippen LogP contribution in [0.4, 0.5) is 8.78 Å². The van der Waals surface area contributed by atoms with Gasteiger partial charge in [0.1, 0.15) is 11.6 Å². The quantitative estimate of drug-likeness (QED) is 0.900. The zero-order chi connectivity index (χ0) is 16.4. The summed E-state index contributed by atoms with van der Waals surface area (Å²) < 4.78 is 30.8. The van der Waals surface area contributed by atoms with Crippen molar-refractivity contribution in [1.29, 1.82) is 0 Å². The molecule has 1 N–H and O–H groups in total. The number of imidazole rings is 1. The van der Waals surface area contributed by atoms with Crippen LogP contribution in [0.15, 0.2) is 24.3 Å². The van der Waals surface area contributed by atoms with Crippen LogP contribution in [-0.2, 0) is 13.0 Å². The first-order valence-electron chi connectivity index (χ1n) is 7.54. The zero-order valence-corrected chi connectivity index (χ0v) is 13.5. The molecule has 0 aliphatic carbocycles. The highest BCUT2D eigenvalue weighted by Crippen LogP contribution is 2.30. The van der Waals surface area contributed by atoms with E-state index < -0.39 is 6.61 Å². The van der Waals surface area contributed by atoms with Gasteiger partial charge >= 0.3 is 6.61 Å². The molecule has 1 aliphatic heterocycles. The van der Waals surface area contributed by atoms with Crippen molar-refractivity contribution in [2.24, 2.45) is 0 Å². The minimum atomic E-state index is -2.79. The van der Waals surface area contributed by atoms with Gasteiger partial charge in [0.05, 0.1) is 11.7 Å². The average molecular weight is 342 g/mol. The Balaban J connectivity index is 1.65. The second-order valence-corrected chi connectivity index (χ2v) is 5.91. The molecule has 0 fully saturated rings. The van der Waals surface area contributed by atoms with Gasteiger partial charge in [0.25, 0.3) is 0 Å².